The standard InChI is InChI=1S/C10H16N6O3/c1-2-3-4-15(6-8(11)17)9-7(16(18)19)5-13-10(12)14-9/h5H,2-4,6H2,1H3,(H2,11,17)(H2,12,13,14). The number of carbonyl (C=O) groups excluding carboxylic acids is 1. The van der Waals surface area contributed by atoms with Crippen molar-refractivity contribution in [2.45, 2.75) is 19.8 Å². The van der Waals surface area contributed by atoms with Crippen LogP contribution in [0.4, 0.5) is 17.5 Å². The molecule has 1 heterocycles. The molecule has 9 nitrogen and oxygen atoms in total. The molecule has 0 aromatic carbocycles. The van der Waals surface area contributed by atoms with E-state index in [2.05, 4.69) is 9.97 Å². The predicted molar refractivity (Wildman–Crippen MR) is 69.4 cm³/mol. The first-order chi connectivity index (χ1) is 8.95. The van der Waals surface area contributed by atoms with Crippen molar-refractivity contribution >= 4 is 23.4 Å². The average molecular weight is 268 g/mol. The van der Waals surface area contributed by atoms with Crippen LogP contribution in [0.1, 0.15) is 19.8 Å². The Kier molecular flexibility index (Phi) is 4.98. The molecule has 0 aliphatic carbocycles. The number of hydrogen-bond donors (Lipinski definition) is 2. The topological polar surface area (TPSA) is 141 Å². The van der Waals surface area contributed by atoms with Crippen molar-refractivity contribution in [2.24, 2.45) is 5.73 Å². The molecule has 0 bridgehead atoms. The molecule has 0 aliphatic rings. The van der Waals surface area contributed by atoms with Gasteiger partial charge in [0.2, 0.25) is 17.7 Å². The smallest absolute Gasteiger partial charge is 0.329 e. The number of rotatable bonds is 7. The van der Waals surface area contributed by atoms with Gasteiger partial charge < -0.3 is 16.4 Å². The zero-order valence-electron chi connectivity index (χ0n) is 10.6. The maximum atomic E-state index is 11.0. The number of anilines is 2. The second kappa shape index (κ2) is 6.47. The number of carbonyl (C=O) groups is 1. The van der Waals surface area contributed by atoms with Crippen LogP contribution in [0.2, 0.25) is 0 Å². The molecule has 104 valence electrons. The van der Waals surface area contributed by atoms with Crippen LogP contribution < -0.4 is 16.4 Å². The van der Waals surface area contributed by atoms with E-state index in [9.17, 15) is 14.9 Å². The quantitative estimate of drug-likeness (QED) is 0.525. The van der Waals surface area contributed by atoms with Gasteiger partial charge in [-0.1, -0.05) is 13.3 Å². The van der Waals surface area contributed by atoms with E-state index in [4.69, 9.17) is 11.5 Å². The van der Waals surface area contributed by atoms with E-state index in [1.807, 2.05) is 6.92 Å². The van der Waals surface area contributed by atoms with Crippen molar-refractivity contribution in [3.63, 3.8) is 0 Å². The summed E-state index contributed by atoms with van der Waals surface area (Å²) in [4.78, 5) is 30.2. The summed E-state index contributed by atoms with van der Waals surface area (Å²) in [6.07, 6.45) is 2.63. The number of nitrogens with zero attached hydrogens (tertiary/aromatic N) is 4. The Bertz CT molecular complexity index is 478. The number of amides is 1. The first-order valence-corrected chi connectivity index (χ1v) is 5.75. The van der Waals surface area contributed by atoms with Crippen LogP contribution in [-0.4, -0.2) is 33.9 Å². The van der Waals surface area contributed by atoms with Gasteiger partial charge in [0.1, 0.15) is 6.20 Å². The summed E-state index contributed by atoms with van der Waals surface area (Å²) in [6.45, 7) is 2.24. The van der Waals surface area contributed by atoms with Gasteiger partial charge in [-0.05, 0) is 6.42 Å². The molecule has 1 rings (SSSR count). The van der Waals surface area contributed by atoms with Crippen molar-refractivity contribution in [3.05, 3.63) is 16.3 Å². The molecule has 0 fully saturated rings. The Hall–Kier alpha value is -2.45. The first-order valence-electron chi connectivity index (χ1n) is 5.75. The van der Waals surface area contributed by atoms with Crippen molar-refractivity contribution in [1.82, 2.24) is 9.97 Å². The van der Waals surface area contributed by atoms with Gasteiger partial charge >= 0.3 is 5.69 Å². The number of hydrogen-bond acceptors (Lipinski definition) is 7. The SMILES string of the molecule is CCCCN(CC(N)=O)c1nc(N)ncc1[N+](=O)[O-]. The van der Waals surface area contributed by atoms with Gasteiger partial charge in [0.05, 0.1) is 11.5 Å². The molecule has 0 saturated carbocycles. The minimum atomic E-state index is -0.616. The molecule has 1 amide bonds. The molecular weight excluding hydrogens is 252 g/mol. The number of nitrogen functional groups attached to an aromatic ring is 1. The van der Waals surface area contributed by atoms with Gasteiger partial charge in [0.25, 0.3) is 0 Å². The van der Waals surface area contributed by atoms with Crippen LogP contribution in [-0.2, 0) is 4.79 Å². The highest BCUT2D eigenvalue weighted by Gasteiger charge is 2.23. The Labute approximate surface area is 109 Å². The molecule has 1 aromatic rings. The monoisotopic (exact) mass is 268 g/mol. The summed E-state index contributed by atoms with van der Waals surface area (Å²) in [5, 5.41) is 10.9. The minimum absolute atomic E-state index is 0.0183. The maximum absolute atomic E-state index is 11.0. The highest BCUT2D eigenvalue weighted by molar-refractivity contribution is 5.80. The normalized spacial score (nSPS) is 10.2. The van der Waals surface area contributed by atoms with E-state index in [0.29, 0.717) is 6.54 Å². The molecule has 0 radical (unpaired) electrons. The lowest BCUT2D eigenvalue weighted by Gasteiger charge is -2.21. The fourth-order valence-electron chi connectivity index (χ4n) is 1.54. The fraction of sp³-hybridized carbons (Fsp3) is 0.500. The van der Waals surface area contributed by atoms with Crippen molar-refractivity contribution < 1.29 is 9.72 Å². The number of nitro groups is 1. The summed E-state index contributed by atoms with van der Waals surface area (Å²) in [5.74, 6) is -0.668. The third kappa shape index (κ3) is 4.05. The van der Waals surface area contributed by atoms with Crippen LogP contribution in [0.5, 0.6) is 0 Å². The molecule has 9 heteroatoms. The third-order valence-corrected chi connectivity index (χ3v) is 2.39. The van der Waals surface area contributed by atoms with Crippen LogP contribution in [0.15, 0.2) is 6.20 Å². The maximum Gasteiger partial charge on any atom is 0.329 e. The second-order valence-electron chi connectivity index (χ2n) is 3.94. The van der Waals surface area contributed by atoms with Crippen LogP contribution >= 0.6 is 0 Å². The summed E-state index contributed by atoms with van der Waals surface area (Å²) < 4.78 is 0. The predicted octanol–water partition coefficient (Wildman–Crippen LogP) is 0.0588. The molecule has 0 aliphatic heterocycles. The number of unbranched alkanes of at least 4 members (excludes halogenated alkanes) is 1. The minimum Gasteiger partial charge on any atom is -0.368 e. The zero-order valence-corrected chi connectivity index (χ0v) is 10.6. The summed E-state index contributed by atoms with van der Waals surface area (Å²) in [6, 6.07) is 0. The van der Waals surface area contributed by atoms with Crippen LogP contribution in [0.3, 0.4) is 0 Å². The number of nitrogens with two attached hydrogens (primary N) is 2. The largest absolute Gasteiger partial charge is 0.368 e. The van der Waals surface area contributed by atoms with Crippen LogP contribution in [0.25, 0.3) is 0 Å². The first kappa shape index (κ1) is 14.6. The van der Waals surface area contributed by atoms with E-state index >= 15 is 0 Å². The van der Waals surface area contributed by atoms with Gasteiger partial charge in [0.15, 0.2) is 0 Å². The van der Waals surface area contributed by atoms with Crippen molar-refractivity contribution in [3.8, 4) is 0 Å². The van der Waals surface area contributed by atoms with Gasteiger partial charge in [0, 0.05) is 6.54 Å². The van der Waals surface area contributed by atoms with Crippen molar-refractivity contribution in [2.75, 3.05) is 23.7 Å². The van der Waals surface area contributed by atoms with Gasteiger partial charge in [-0.15, -0.1) is 0 Å². The lowest BCUT2D eigenvalue weighted by molar-refractivity contribution is -0.384. The lowest BCUT2D eigenvalue weighted by Crippen LogP contribution is -2.35. The highest BCUT2D eigenvalue weighted by Crippen LogP contribution is 2.25. The highest BCUT2D eigenvalue weighted by atomic mass is 16.6. The Morgan fingerprint density at radius 1 is 1.58 bits per heavy atom. The molecule has 0 spiro atoms. The Balaban J connectivity index is 3.14. The molecule has 0 unspecified atom stereocenters. The average Bonchev–Trinajstić information content (AvgIpc) is 2.33. The Morgan fingerprint density at radius 2 is 2.26 bits per heavy atom. The molecular formula is C10H16N6O3. The van der Waals surface area contributed by atoms with E-state index < -0.39 is 10.8 Å². The summed E-state index contributed by atoms with van der Waals surface area (Å²) >= 11 is 0. The van der Waals surface area contributed by atoms with E-state index in [0.717, 1.165) is 19.0 Å². The number of aromatic nitrogens is 2. The molecule has 0 atom stereocenters. The molecule has 19 heavy (non-hydrogen) atoms. The lowest BCUT2D eigenvalue weighted by atomic mass is 10.3. The summed E-state index contributed by atoms with van der Waals surface area (Å²) in [7, 11) is 0. The van der Waals surface area contributed by atoms with E-state index in [1.165, 1.54) is 4.90 Å². The van der Waals surface area contributed by atoms with Gasteiger partial charge in [-0.25, -0.2) is 4.98 Å². The number of primary amides is 1. The van der Waals surface area contributed by atoms with E-state index in [-0.39, 0.29) is 24.0 Å². The van der Waals surface area contributed by atoms with Crippen LogP contribution in [0, 0.1) is 10.1 Å². The fourth-order valence-corrected chi connectivity index (χ4v) is 1.54. The van der Waals surface area contributed by atoms with Gasteiger partial charge in [-0.2, -0.15) is 4.98 Å². The van der Waals surface area contributed by atoms with Gasteiger partial charge in [-0.3, -0.25) is 14.9 Å². The van der Waals surface area contributed by atoms with E-state index in [1.54, 1.807) is 0 Å². The third-order valence-electron chi connectivity index (χ3n) is 2.39. The molecule has 0 saturated heterocycles. The molecule has 1 aromatic heterocycles. The summed E-state index contributed by atoms with van der Waals surface area (Å²) in [5.41, 5.74) is 10.3. The second-order valence-corrected chi connectivity index (χ2v) is 3.94. The zero-order chi connectivity index (χ0) is 14.4. The molecule has 4 N–H and O–H groups in total. The van der Waals surface area contributed by atoms with Crippen molar-refractivity contribution in [1.29, 1.82) is 0 Å². The Morgan fingerprint density at radius 3 is 2.79 bits per heavy atom.